The van der Waals surface area contributed by atoms with E-state index in [-0.39, 0.29) is 24.7 Å². The molecule has 1 aliphatic heterocycles. The third kappa shape index (κ3) is 3.08. The largest absolute Gasteiger partial charge is 0.394 e. The van der Waals surface area contributed by atoms with Gasteiger partial charge in [-0.25, -0.2) is 0 Å². The van der Waals surface area contributed by atoms with Crippen molar-refractivity contribution < 1.29 is 14.6 Å². The molecule has 0 saturated carbocycles. The van der Waals surface area contributed by atoms with Crippen molar-refractivity contribution in [2.45, 2.75) is 26.0 Å². The molecular weight excluding hydrogens is 266 g/mol. The van der Waals surface area contributed by atoms with Gasteiger partial charge in [-0.2, -0.15) is 0 Å². The molecule has 1 aromatic rings. The summed E-state index contributed by atoms with van der Waals surface area (Å²) in [7, 11) is 0. The lowest BCUT2D eigenvalue weighted by atomic mass is 10.1. The van der Waals surface area contributed by atoms with Crippen molar-refractivity contribution in [2.24, 2.45) is 0 Å². The molecule has 4 nitrogen and oxygen atoms in total. The quantitative estimate of drug-likeness (QED) is 0.901. The molecule has 0 radical (unpaired) electrons. The number of aliphatic hydroxyl groups excluding tert-OH is 1. The molecule has 2 unspecified atom stereocenters. The fraction of sp³-hybridized carbons (Fsp3) is 0.500. The van der Waals surface area contributed by atoms with Crippen LogP contribution in [0.5, 0.6) is 0 Å². The number of amides is 1. The van der Waals surface area contributed by atoms with Crippen molar-refractivity contribution in [1.82, 2.24) is 4.90 Å². The van der Waals surface area contributed by atoms with E-state index in [1.165, 1.54) is 0 Å². The molecule has 0 bridgehead atoms. The molecule has 0 spiro atoms. The number of ether oxygens (including phenoxy) is 1. The number of aryl methyl sites for hydroxylation is 1. The average Bonchev–Trinajstić information content (AvgIpc) is 2.41. The molecule has 1 heterocycles. The number of benzene rings is 1. The smallest absolute Gasteiger partial charge is 0.254 e. The van der Waals surface area contributed by atoms with Crippen molar-refractivity contribution in [3.63, 3.8) is 0 Å². The minimum Gasteiger partial charge on any atom is -0.394 e. The number of hydrogen-bond donors (Lipinski definition) is 1. The van der Waals surface area contributed by atoms with E-state index in [0.29, 0.717) is 23.7 Å². The Labute approximate surface area is 117 Å². The predicted octanol–water partition coefficient (Wildman–Crippen LogP) is 1.87. The van der Waals surface area contributed by atoms with Gasteiger partial charge in [0.1, 0.15) is 0 Å². The summed E-state index contributed by atoms with van der Waals surface area (Å²) >= 11 is 5.96. The number of rotatable bonds is 2. The number of aliphatic hydroxyl groups is 1. The molecule has 1 fully saturated rings. The van der Waals surface area contributed by atoms with Crippen LogP contribution < -0.4 is 0 Å². The second-order valence-corrected chi connectivity index (χ2v) is 5.34. The highest BCUT2D eigenvalue weighted by Crippen LogP contribution is 2.20. The number of morpholine rings is 1. The minimum absolute atomic E-state index is 0.00585. The van der Waals surface area contributed by atoms with Gasteiger partial charge < -0.3 is 14.7 Å². The molecule has 1 N–H and O–H groups in total. The summed E-state index contributed by atoms with van der Waals surface area (Å²) in [6, 6.07) is 5.29. The third-order valence-corrected chi connectivity index (χ3v) is 3.64. The number of halogens is 1. The van der Waals surface area contributed by atoms with Gasteiger partial charge in [0.2, 0.25) is 0 Å². The van der Waals surface area contributed by atoms with Gasteiger partial charge in [0.25, 0.3) is 5.91 Å². The summed E-state index contributed by atoms with van der Waals surface area (Å²) in [4.78, 5) is 14.3. The van der Waals surface area contributed by atoms with Gasteiger partial charge in [-0.3, -0.25) is 4.79 Å². The fourth-order valence-electron chi connectivity index (χ4n) is 2.19. The summed E-state index contributed by atoms with van der Waals surface area (Å²) < 4.78 is 5.44. The van der Waals surface area contributed by atoms with E-state index in [9.17, 15) is 4.79 Å². The Hall–Kier alpha value is -1.10. The van der Waals surface area contributed by atoms with Gasteiger partial charge in [-0.1, -0.05) is 17.7 Å². The van der Waals surface area contributed by atoms with Gasteiger partial charge >= 0.3 is 0 Å². The lowest BCUT2D eigenvalue weighted by molar-refractivity contribution is -0.0667. The number of hydrogen-bond acceptors (Lipinski definition) is 3. The molecule has 19 heavy (non-hydrogen) atoms. The standard InChI is InChI=1S/C14H18ClNO3/c1-9-3-4-11(15)5-13(9)14(18)16-6-12(7-17)19-8-10(16)2/h3-5,10,12,17H,6-8H2,1-2H3. The van der Waals surface area contributed by atoms with Crippen molar-refractivity contribution in [2.75, 3.05) is 19.8 Å². The molecule has 1 aromatic carbocycles. The van der Waals surface area contributed by atoms with Crippen LogP contribution in [-0.2, 0) is 4.74 Å². The Bertz CT molecular complexity index is 478. The first-order valence-electron chi connectivity index (χ1n) is 6.32. The molecule has 2 rings (SSSR count). The minimum atomic E-state index is -0.306. The summed E-state index contributed by atoms with van der Waals surface area (Å²) in [5.41, 5.74) is 1.51. The molecule has 0 aliphatic carbocycles. The van der Waals surface area contributed by atoms with Crippen molar-refractivity contribution in [3.8, 4) is 0 Å². The van der Waals surface area contributed by atoms with Gasteiger partial charge in [-0.05, 0) is 31.5 Å². The van der Waals surface area contributed by atoms with E-state index in [4.69, 9.17) is 21.4 Å². The maximum atomic E-state index is 12.6. The zero-order chi connectivity index (χ0) is 14.0. The number of carbonyl (C=O) groups excluding carboxylic acids is 1. The SMILES string of the molecule is Cc1ccc(Cl)cc1C(=O)N1CC(CO)OCC1C. The Kier molecular flexibility index (Phi) is 4.45. The van der Waals surface area contributed by atoms with E-state index < -0.39 is 0 Å². The zero-order valence-electron chi connectivity index (χ0n) is 11.1. The molecule has 1 aliphatic rings. The van der Waals surface area contributed by atoms with Gasteiger partial charge in [0.15, 0.2) is 0 Å². The number of carbonyl (C=O) groups is 1. The topological polar surface area (TPSA) is 49.8 Å². The monoisotopic (exact) mass is 283 g/mol. The van der Waals surface area contributed by atoms with Gasteiger partial charge in [-0.15, -0.1) is 0 Å². The molecule has 1 saturated heterocycles. The van der Waals surface area contributed by atoms with Crippen LogP contribution in [0.3, 0.4) is 0 Å². The van der Waals surface area contributed by atoms with Crippen LogP contribution in [0.25, 0.3) is 0 Å². The van der Waals surface area contributed by atoms with Crippen LogP contribution in [0.4, 0.5) is 0 Å². The summed E-state index contributed by atoms with van der Waals surface area (Å²) in [6.07, 6.45) is -0.306. The van der Waals surface area contributed by atoms with E-state index in [0.717, 1.165) is 5.56 Å². The van der Waals surface area contributed by atoms with Crippen LogP contribution in [0.15, 0.2) is 18.2 Å². The molecule has 0 aromatic heterocycles. The Morgan fingerprint density at radius 2 is 2.32 bits per heavy atom. The van der Waals surface area contributed by atoms with Gasteiger partial charge in [0.05, 0.1) is 25.4 Å². The second kappa shape index (κ2) is 5.90. The average molecular weight is 284 g/mol. The Morgan fingerprint density at radius 3 is 3.00 bits per heavy atom. The third-order valence-electron chi connectivity index (χ3n) is 3.40. The molecule has 104 valence electrons. The molecule has 5 heteroatoms. The molecule has 2 atom stereocenters. The van der Waals surface area contributed by atoms with Crippen LogP contribution in [0.1, 0.15) is 22.8 Å². The van der Waals surface area contributed by atoms with Crippen molar-refractivity contribution >= 4 is 17.5 Å². The van der Waals surface area contributed by atoms with Crippen molar-refractivity contribution in [3.05, 3.63) is 34.3 Å². The van der Waals surface area contributed by atoms with Crippen LogP contribution >= 0.6 is 11.6 Å². The van der Waals surface area contributed by atoms with E-state index in [1.807, 2.05) is 19.9 Å². The fourth-order valence-corrected chi connectivity index (χ4v) is 2.36. The highest BCUT2D eigenvalue weighted by Gasteiger charge is 2.30. The van der Waals surface area contributed by atoms with Crippen LogP contribution in [0, 0.1) is 6.92 Å². The first kappa shape index (κ1) is 14.3. The van der Waals surface area contributed by atoms with Crippen LogP contribution in [0.2, 0.25) is 5.02 Å². The lowest BCUT2D eigenvalue weighted by Crippen LogP contribution is -2.52. The molecular formula is C14H18ClNO3. The zero-order valence-corrected chi connectivity index (χ0v) is 11.9. The Balaban J connectivity index is 2.24. The van der Waals surface area contributed by atoms with Gasteiger partial charge in [0, 0.05) is 17.1 Å². The summed E-state index contributed by atoms with van der Waals surface area (Å²) in [5, 5.41) is 9.71. The normalized spacial score (nSPS) is 23.5. The van der Waals surface area contributed by atoms with E-state index >= 15 is 0 Å². The highest BCUT2D eigenvalue weighted by atomic mass is 35.5. The predicted molar refractivity (Wildman–Crippen MR) is 73.5 cm³/mol. The van der Waals surface area contributed by atoms with Crippen LogP contribution in [-0.4, -0.2) is 47.8 Å². The first-order chi connectivity index (χ1) is 9.02. The van der Waals surface area contributed by atoms with E-state index in [2.05, 4.69) is 0 Å². The maximum Gasteiger partial charge on any atom is 0.254 e. The van der Waals surface area contributed by atoms with Crippen molar-refractivity contribution in [1.29, 1.82) is 0 Å². The summed E-state index contributed by atoms with van der Waals surface area (Å²) in [5.74, 6) is -0.0609. The number of nitrogens with zero attached hydrogens (tertiary/aromatic N) is 1. The summed E-state index contributed by atoms with van der Waals surface area (Å²) in [6.45, 7) is 4.59. The maximum absolute atomic E-state index is 12.6. The molecule has 1 amide bonds. The highest BCUT2D eigenvalue weighted by molar-refractivity contribution is 6.31. The lowest BCUT2D eigenvalue weighted by Gasteiger charge is -2.37. The first-order valence-corrected chi connectivity index (χ1v) is 6.70. The Morgan fingerprint density at radius 1 is 1.58 bits per heavy atom. The second-order valence-electron chi connectivity index (χ2n) is 4.90. The van der Waals surface area contributed by atoms with E-state index in [1.54, 1.807) is 17.0 Å².